The molecule has 3 aromatic carbocycles. The number of para-hydroxylation sites is 1. The van der Waals surface area contributed by atoms with Crippen LogP contribution in [0.5, 0.6) is 5.75 Å². The van der Waals surface area contributed by atoms with E-state index in [0.29, 0.717) is 5.69 Å². The molecule has 0 aliphatic rings. The molecular formula is C21H18N2O4. The minimum absolute atomic E-state index is 0.0884. The second-order valence-corrected chi connectivity index (χ2v) is 5.92. The van der Waals surface area contributed by atoms with Crippen LogP contribution in [0.2, 0.25) is 0 Å². The van der Waals surface area contributed by atoms with Crippen molar-refractivity contribution in [2.24, 2.45) is 0 Å². The number of hydrogen-bond donors (Lipinski definition) is 1. The molecule has 0 radical (unpaired) electrons. The van der Waals surface area contributed by atoms with Crippen molar-refractivity contribution in [2.45, 2.75) is 13.0 Å². The SMILES string of the molecule is CC(Oc1cccc([N+](=O)[O-])c1)C(=O)Nc1ccccc1-c1ccccc1. The highest BCUT2D eigenvalue weighted by Crippen LogP contribution is 2.28. The van der Waals surface area contributed by atoms with E-state index in [1.165, 1.54) is 18.2 Å². The molecule has 136 valence electrons. The number of hydrogen-bond acceptors (Lipinski definition) is 4. The van der Waals surface area contributed by atoms with Gasteiger partial charge in [0.05, 0.1) is 11.0 Å². The van der Waals surface area contributed by atoms with Gasteiger partial charge < -0.3 is 10.1 Å². The van der Waals surface area contributed by atoms with Crippen LogP contribution < -0.4 is 10.1 Å². The van der Waals surface area contributed by atoms with Crippen molar-refractivity contribution in [3.8, 4) is 16.9 Å². The summed E-state index contributed by atoms with van der Waals surface area (Å²) in [5.41, 5.74) is 2.47. The average molecular weight is 362 g/mol. The Labute approximate surface area is 156 Å². The molecule has 1 N–H and O–H groups in total. The zero-order chi connectivity index (χ0) is 19.2. The van der Waals surface area contributed by atoms with Gasteiger partial charge in [-0.1, -0.05) is 54.6 Å². The molecule has 27 heavy (non-hydrogen) atoms. The molecule has 0 aliphatic heterocycles. The number of anilines is 1. The fraction of sp³-hybridized carbons (Fsp3) is 0.0952. The lowest BCUT2D eigenvalue weighted by atomic mass is 10.0. The Kier molecular flexibility index (Phi) is 5.47. The lowest BCUT2D eigenvalue weighted by molar-refractivity contribution is -0.384. The third kappa shape index (κ3) is 4.49. The van der Waals surface area contributed by atoms with Crippen LogP contribution >= 0.6 is 0 Å². The number of benzene rings is 3. The van der Waals surface area contributed by atoms with Crippen LogP contribution in [-0.2, 0) is 4.79 Å². The molecule has 1 atom stereocenters. The highest BCUT2D eigenvalue weighted by atomic mass is 16.6. The number of carbonyl (C=O) groups excluding carboxylic acids is 1. The first-order chi connectivity index (χ1) is 13.0. The summed E-state index contributed by atoms with van der Waals surface area (Å²) in [6.45, 7) is 1.60. The second kappa shape index (κ2) is 8.14. The predicted molar refractivity (Wildman–Crippen MR) is 104 cm³/mol. The van der Waals surface area contributed by atoms with Crippen LogP contribution in [0, 0.1) is 10.1 Å². The van der Waals surface area contributed by atoms with Crippen LogP contribution in [0.25, 0.3) is 11.1 Å². The number of nitro groups is 1. The quantitative estimate of drug-likeness (QED) is 0.510. The van der Waals surface area contributed by atoms with Gasteiger partial charge in [-0.2, -0.15) is 0 Å². The van der Waals surface area contributed by atoms with Gasteiger partial charge in [0.25, 0.3) is 11.6 Å². The van der Waals surface area contributed by atoms with Gasteiger partial charge in [0.2, 0.25) is 0 Å². The molecule has 0 aliphatic carbocycles. The molecule has 1 amide bonds. The Bertz CT molecular complexity index is 957. The zero-order valence-electron chi connectivity index (χ0n) is 14.7. The molecule has 0 saturated carbocycles. The van der Waals surface area contributed by atoms with Gasteiger partial charge in [-0.15, -0.1) is 0 Å². The smallest absolute Gasteiger partial charge is 0.273 e. The van der Waals surface area contributed by atoms with Crippen LogP contribution in [0.4, 0.5) is 11.4 Å². The van der Waals surface area contributed by atoms with Gasteiger partial charge in [-0.05, 0) is 24.6 Å². The summed E-state index contributed by atoms with van der Waals surface area (Å²) in [7, 11) is 0. The summed E-state index contributed by atoms with van der Waals surface area (Å²) in [6.07, 6.45) is -0.823. The maximum Gasteiger partial charge on any atom is 0.273 e. The lowest BCUT2D eigenvalue weighted by Crippen LogP contribution is -2.30. The number of rotatable bonds is 6. The average Bonchev–Trinajstić information content (AvgIpc) is 2.69. The highest BCUT2D eigenvalue weighted by Gasteiger charge is 2.17. The van der Waals surface area contributed by atoms with Gasteiger partial charge >= 0.3 is 0 Å². The number of non-ortho nitro benzene ring substituents is 1. The number of nitro benzene ring substituents is 1. The van der Waals surface area contributed by atoms with E-state index in [-0.39, 0.29) is 17.3 Å². The molecule has 0 heterocycles. The molecule has 0 fully saturated rings. The van der Waals surface area contributed by atoms with Gasteiger partial charge in [0, 0.05) is 17.3 Å². The summed E-state index contributed by atoms with van der Waals surface area (Å²) < 4.78 is 5.57. The van der Waals surface area contributed by atoms with Crippen LogP contribution in [0.15, 0.2) is 78.9 Å². The lowest BCUT2D eigenvalue weighted by Gasteiger charge is -2.16. The summed E-state index contributed by atoms with van der Waals surface area (Å²) >= 11 is 0. The summed E-state index contributed by atoms with van der Waals surface area (Å²) in [5, 5.41) is 13.7. The van der Waals surface area contributed by atoms with Crippen molar-refractivity contribution in [1.82, 2.24) is 0 Å². The predicted octanol–water partition coefficient (Wildman–Crippen LogP) is 4.67. The van der Waals surface area contributed by atoms with Gasteiger partial charge in [-0.3, -0.25) is 14.9 Å². The molecule has 3 rings (SSSR count). The number of nitrogens with one attached hydrogen (secondary N) is 1. The monoisotopic (exact) mass is 362 g/mol. The van der Waals surface area contributed by atoms with E-state index in [1.807, 2.05) is 54.6 Å². The largest absolute Gasteiger partial charge is 0.481 e. The van der Waals surface area contributed by atoms with Crippen molar-refractivity contribution < 1.29 is 14.5 Å². The zero-order valence-corrected chi connectivity index (χ0v) is 14.7. The van der Waals surface area contributed by atoms with E-state index in [9.17, 15) is 14.9 Å². The van der Waals surface area contributed by atoms with Crippen LogP contribution in [0.3, 0.4) is 0 Å². The van der Waals surface area contributed by atoms with Gasteiger partial charge in [0.1, 0.15) is 5.75 Å². The van der Waals surface area contributed by atoms with Gasteiger partial charge in [0.15, 0.2) is 6.10 Å². The van der Waals surface area contributed by atoms with E-state index in [0.717, 1.165) is 11.1 Å². The number of amides is 1. The Balaban J connectivity index is 1.74. The van der Waals surface area contributed by atoms with E-state index < -0.39 is 11.0 Å². The van der Waals surface area contributed by atoms with E-state index in [1.54, 1.807) is 13.0 Å². The molecule has 1 unspecified atom stereocenters. The van der Waals surface area contributed by atoms with E-state index in [4.69, 9.17) is 4.74 Å². The second-order valence-electron chi connectivity index (χ2n) is 5.92. The van der Waals surface area contributed by atoms with E-state index in [2.05, 4.69) is 5.32 Å². The molecule has 0 aromatic heterocycles. The van der Waals surface area contributed by atoms with Crippen molar-refractivity contribution >= 4 is 17.3 Å². The summed E-state index contributed by atoms with van der Waals surface area (Å²) in [4.78, 5) is 22.9. The van der Waals surface area contributed by atoms with Crippen molar-refractivity contribution in [2.75, 3.05) is 5.32 Å². The van der Waals surface area contributed by atoms with E-state index >= 15 is 0 Å². The topological polar surface area (TPSA) is 81.5 Å². The van der Waals surface area contributed by atoms with Crippen molar-refractivity contribution in [3.05, 3.63) is 89.0 Å². The Hall–Kier alpha value is -3.67. The first-order valence-corrected chi connectivity index (χ1v) is 8.41. The first kappa shape index (κ1) is 18.1. The molecule has 0 bridgehead atoms. The van der Waals surface area contributed by atoms with Crippen molar-refractivity contribution in [3.63, 3.8) is 0 Å². The van der Waals surface area contributed by atoms with Gasteiger partial charge in [-0.25, -0.2) is 0 Å². The fourth-order valence-corrected chi connectivity index (χ4v) is 2.62. The minimum atomic E-state index is -0.823. The first-order valence-electron chi connectivity index (χ1n) is 8.41. The Morgan fingerprint density at radius 1 is 1.00 bits per heavy atom. The fourth-order valence-electron chi connectivity index (χ4n) is 2.62. The number of carbonyl (C=O) groups is 1. The normalized spacial score (nSPS) is 11.4. The summed E-state index contributed by atoms with van der Waals surface area (Å²) in [6, 6.07) is 23.0. The number of nitrogens with zero attached hydrogens (tertiary/aromatic N) is 1. The summed E-state index contributed by atoms with van der Waals surface area (Å²) in [5.74, 6) is -0.0759. The molecular weight excluding hydrogens is 344 g/mol. The molecule has 6 heteroatoms. The van der Waals surface area contributed by atoms with Crippen LogP contribution in [-0.4, -0.2) is 16.9 Å². The standard InChI is InChI=1S/C21H18N2O4/c1-15(27-18-11-7-10-17(14-18)23(25)26)21(24)22-20-13-6-5-12-19(20)16-8-3-2-4-9-16/h2-15H,1H3,(H,22,24). The Morgan fingerprint density at radius 2 is 1.70 bits per heavy atom. The number of ether oxygens (including phenoxy) is 1. The molecule has 0 spiro atoms. The molecule has 0 saturated heterocycles. The maximum atomic E-state index is 12.5. The van der Waals surface area contributed by atoms with Crippen molar-refractivity contribution in [1.29, 1.82) is 0 Å². The Morgan fingerprint density at radius 3 is 2.44 bits per heavy atom. The van der Waals surface area contributed by atoms with Crippen LogP contribution in [0.1, 0.15) is 6.92 Å². The maximum absolute atomic E-state index is 12.5. The molecule has 6 nitrogen and oxygen atoms in total. The molecule has 3 aromatic rings. The highest BCUT2D eigenvalue weighted by molar-refractivity contribution is 5.98. The third-order valence-electron chi connectivity index (χ3n) is 3.98. The minimum Gasteiger partial charge on any atom is -0.481 e. The third-order valence-corrected chi connectivity index (χ3v) is 3.98.